The summed E-state index contributed by atoms with van der Waals surface area (Å²) < 4.78 is 16.1. The van der Waals surface area contributed by atoms with Crippen molar-refractivity contribution in [3.05, 3.63) is 27.2 Å². The summed E-state index contributed by atoms with van der Waals surface area (Å²) in [5, 5.41) is 1.27. The Morgan fingerprint density at radius 1 is 1.25 bits per heavy atom. The van der Waals surface area contributed by atoms with E-state index in [0.717, 1.165) is 0 Å². The second-order valence-corrected chi connectivity index (χ2v) is 6.34. The second-order valence-electron chi connectivity index (χ2n) is 3.14. The average Bonchev–Trinajstić information content (AvgIpc) is 2.74. The van der Waals surface area contributed by atoms with Crippen LogP contribution in [0.25, 0.3) is 0 Å². The van der Waals surface area contributed by atoms with Gasteiger partial charge in [-0.1, -0.05) is 0 Å². The summed E-state index contributed by atoms with van der Waals surface area (Å²) in [5.41, 5.74) is 0. The standard InChI is InChI=1S/C9H7Cl3O3.Sn/c10-6-1-8(12)9(2-7(6)11)15-4-5(14)3-13;/h1-2,5H,3-4H2;/q-2;+2. The third-order valence-electron chi connectivity index (χ3n) is 1.94. The Hall–Kier alpha value is 0.609. The SMILES string of the molecule is Clc1cc(Cl)c(OCC2C[O][Sn][O]2)cc1Cl. The molecule has 0 saturated carbocycles. The molecule has 3 nitrogen and oxygen atoms in total. The van der Waals surface area contributed by atoms with Gasteiger partial charge in [0.2, 0.25) is 0 Å². The van der Waals surface area contributed by atoms with Gasteiger partial charge in [0, 0.05) is 0 Å². The molecule has 1 aliphatic heterocycles. The van der Waals surface area contributed by atoms with E-state index in [-0.39, 0.29) is 6.10 Å². The van der Waals surface area contributed by atoms with Crippen LogP contribution in [0.3, 0.4) is 0 Å². The quantitative estimate of drug-likeness (QED) is 0.589. The number of benzene rings is 1. The summed E-state index contributed by atoms with van der Waals surface area (Å²) in [6.07, 6.45) is 0.0112. The maximum atomic E-state index is 5.96. The van der Waals surface area contributed by atoms with E-state index in [2.05, 4.69) is 0 Å². The molecular formula is C9H7Cl3O3Sn. The third-order valence-corrected chi connectivity index (χ3v) is 5.00. The molecular weight excluding hydrogens is 381 g/mol. The van der Waals surface area contributed by atoms with Crippen molar-refractivity contribution in [3.8, 4) is 5.75 Å². The van der Waals surface area contributed by atoms with E-state index in [1.807, 2.05) is 0 Å². The van der Waals surface area contributed by atoms with Gasteiger partial charge in [0.15, 0.2) is 0 Å². The molecule has 2 rings (SSSR count). The molecule has 0 aliphatic carbocycles. The van der Waals surface area contributed by atoms with E-state index in [4.69, 9.17) is 45.7 Å². The fraction of sp³-hybridized carbons (Fsp3) is 0.333. The van der Waals surface area contributed by atoms with Gasteiger partial charge in [0.25, 0.3) is 0 Å². The van der Waals surface area contributed by atoms with Gasteiger partial charge >= 0.3 is 120 Å². The van der Waals surface area contributed by atoms with Gasteiger partial charge in [0.05, 0.1) is 0 Å². The zero-order chi connectivity index (χ0) is 11.5. The number of halogens is 3. The van der Waals surface area contributed by atoms with Crippen molar-refractivity contribution in [1.29, 1.82) is 0 Å². The second kappa shape index (κ2) is 5.98. The number of rotatable bonds is 3. The van der Waals surface area contributed by atoms with E-state index in [9.17, 15) is 0 Å². The Bertz CT molecular complexity index is 383. The van der Waals surface area contributed by atoms with Gasteiger partial charge < -0.3 is 0 Å². The van der Waals surface area contributed by atoms with Crippen LogP contribution in [0.2, 0.25) is 15.1 Å². The molecule has 0 aromatic heterocycles. The van der Waals surface area contributed by atoms with Gasteiger partial charge in [-0.3, -0.25) is 0 Å². The fourth-order valence-electron chi connectivity index (χ4n) is 1.14. The van der Waals surface area contributed by atoms with E-state index < -0.39 is 22.0 Å². The molecule has 0 bridgehead atoms. The topological polar surface area (TPSA) is 27.7 Å². The molecule has 1 fully saturated rings. The Morgan fingerprint density at radius 3 is 2.69 bits per heavy atom. The van der Waals surface area contributed by atoms with Crippen LogP contribution < -0.4 is 4.74 Å². The summed E-state index contributed by atoms with van der Waals surface area (Å²) in [4.78, 5) is 0. The van der Waals surface area contributed by atoms with Gasteiger partial charge in [-0.05, 0) is 0 Å². The molecule has 1 atom stereocenters. The summed E-state index contributed by atoms with van der Waals surface area (Å²) in [5.74, 6) is 0.511. The van der Waals surface area contributed by atoms with Crippen LogP contribution in [0.4, 0.5) is 0 Å². The van der Waals surface area contributed by atoms with Crippen molar-refractivity contribution in [3.63, 3.8) is 0 Å². The minimum atomic E-state index is -1.03. The summed E-state index contributed by atoms with van der Waals surface area (Å²) in [7, 11) is 0. The molecule has 0 amide bonds. The first-order valence-corrected chi connectivity index (χ1v) is 7.93. The Labute approximate surface area is 119 Å². The van der Waals surface area contributed by atoms with Crippen LogP contribution in [0.15, 0.2) is 12.1 Å². The van der Waals surface area contributed by atoms with E-state index in [0.29, 0.717) is 34.0 Å². The van der Waals surface area contributed by atoms with Gasteiger partial charge in [-0.25, -0.2) is 0 Å². The number of ether oxygens (including phenoxy) is 1. The molecule has 1 aromatic carbocycles. The molecule has 1 saturated heterocycles. The molecule has 0 spiro atoms. The van der Waals surface area contributed by atoms with Gasteiger partial charge in [-0.15, -0.1) is 0 Å². The monoisotopic (exact) mass is 388 g/mol. The first kappa shape index (κ1) is 13.1. The summed E-state index contributed by atoms with van der Waals surface area (Å²) in [6, 6.07) is 3.16. The van der Waals surface area contributed by atoms with Crippen LogP contribution in [-0.2, 0) is 6.15 Å². The van der Waals surface area contributed by atoms with Gasteiger partial charge in [0.1, 0.15) is 0 Å². The Balaban J connectivity index is 2.00. The van der Waals surface area contributed by atoms with Crippen LogP contribution in [0.5, 0.6) is 5.75 Å². The van der Waals surface area contributed by atoms with Crippen molar-refractivity contribution in [1.82, 2.24) is 0 Å². The molecule has 0 N–H and O–H groups in total. The number of hydrogen-bond donors (Lipinski definition) is 0. The molecule has 86 valence electrons. The number of hydrogen-bond acceptors (Lipinski definition) is 3. The van der Waals surface area contributed by atoms with Gasteiger partial charge in [-0.2, -0.15) is 0 Å². The predicted molar refractivity (Wildman–Crippen MR) is 63.5 cm³/mol. The minimum absolute atomic E-state index is 0.0112. The van der Waals surface area contributed by atoms with Crippen molar-refractivity contribution >= 4 is 56.8 Å². The van der Waals surface area contributed by atoms with Crippen molar-refractivity contribution in [2.24, 2.45) is 0 Å². The Morgan fingerprint density at radius 2 is 2.00 bits per heavy atom. The molecule has 1 aliphatic rings. The van der Waals surface area contributed by atoms with Crippen LogP contribution in [0, 0.1) is 0 Å². The average molecular weight is 388 g/mol. The zero-order valence-electron chi connectivity index (χ0n) is 8.00. The normalized spacial score (nSPS) is 20.1. The van der Waals surface area contributed by atoms with E-state index in [1.165, 1.54) is 0 Å². The first-order chi connectivity index (χ1) is 7.66. The van der Waals surface area contributed by atoms with Crippen molar-refractivity contribution in [2.75, 3.05) is 13.2 Å². The van der Waals surface area contributed by atoms with Crippen LogP contribution in [0.1, 0.15) is 0 Å². The molecule has 2 radical (unpaired) electrons. The third kappa shape index (κ3) is 3.31. The predicted octanol–water partition coefficient (Wildman–Crippen LogP) is 2.98. The molecule has 1 unspecified atom stereocenters. The first-order valence-electron chi connectivity index (χ1n) is 4.46. The molecule has 1 aromatic rings. The fourth-order valence-corrected chi connectivity index (χ4v) is 3.43. The van der Waals surface area contributed by atoms with Crippen LogP contribution in [-0.4, -0.2) is 41.3 Å². The van der Waals surface area contributed by atoms with Crippen molar-refractivity contribution < 1.29 is 10.9 Å². The van der Waals surface area contributed by atoms with Crippen molar-refractivity contribution in [2.45, 2.75) is 6.10 Å². The molecule has 1 heterocycles. The van der Waals surface area contributed by atoms with E-state index >= 15 is 0 Å². The summed E-state index contributed by atoms with van der Waals surface area (Å²) in [6.45, 7) is 1.02. The van der Waals surface area contributed by atoms with E-state index in [1.54, 1.807) is 12.1 Å². The van der Waals surface area contributed by atoms with Crippen LogP contribution >= 0.6 is 34.8 Å². The maximum absolute atomic E-state index is 5.96. The molecule has 16 heavy (non-hydrogen) atoms. The molecule has 7 heteroatoms. The summed E-state index contributed by atoms with van der Waals surface area (Å²) >= 11 is 16.6. The Kier molecular flexibility index (Phi) is 4.87. The zero-order valence-corrected chi connectivity index (χ0v) is 13.1.